The number of likely N-dealkylation sites (N-methyl/N-ethyl adjacent to an activating group) is 1. The summed E-state index contributed by atoms with van der Waals surface area (Å²) >= 11 is 6.64. The van der Waals surface area contributed by atoms with Gasteiger partial charge in [-0.05, 0) is 62.7 Å². The second-order valence-electron chi connectivity index (χ2n) is 13.5. The van der Waals surface area contributed by atoms with Gasteiger partial charge in [-0.3, -0.25) is 14.7 Å². The summed E-state index contributed by atoms with van der Waals surface area (Å²) in [5.74, 6) is -0.117. The molecule has 1 amide bonds. The second-order valence-corrected chi connectivity index (χ2v) is 13.9. The van der Waals surface area contributed by atoms with Gasteiger partial charge in [0, 0.05) is 61.5 Å². The number of nitrogens with zero attached hydrogens (tertiary/aromatic N) is 7. The van der Waals surface area contributed by atoms with E-state index in [1.807, 2.05) is 54.2 Å². The van der Waals surface area contributed by atoms with Gasteiger partial charge in [-0.25, -0.2) is 15.2 Å². The van der Waals surface area contributed by atoms with E-state index in [2.05, 4.69) is 26.3 Å². The van der Waals surface area contributed by atoms with E-state index >= 15 is 4.39 Å². The summed E-state index contributed by atoms with van der Waals surface area (Å²) in [5, 5.41) is 4.30. The number of hydrogen-bond donors (Lipinski definition) is 3. The number of carbonyl (C=O) groups is 1. The van der Waals surface area contributed by atoms with E-state index in [1.165, 1.54) is 0 Å². The van der Waals surface area contributed by atoms with Crippen LogP contribution in [0.3, 0.4) is 0 Å². The SMILES string of the molecule is CN1NNC(/C=C/C(=O)N2CC[C@@H](N(C)c3nc(OCC45CCCN4CCC5)nc4c(F)c(-c5cccc6cccc(Cl)c56)ncc34)C2)N1. The van der Waals surface area contributed by atoms with E-state index in [0.29, 0.717) is 41.5 Å². The van der Waals surface area contributed by atoms with Crippen molar-refractivity contribution >= 4 is 45.0 Å². The summed E-state index contributed by atoms with van der Waals surface area (Å²) in [6, 6.07) is 11.4. The first-order chi connectivity index (χ1) is 23.8. The highest BCUT2D eigenvalue weighted by molar-refractivity contribution is 6.36. The van der Waals surface area contributed by atoms with Crippen molar-refractivity contribution in [2.45, 2.75) is 49.9 Å². The molecule has 12 nitrogen and oxygen atoms in total. The lowest BCUT2D eigenvalue weighted by molar-refractivity contribution is -0.125. The van der Waals surface area contributed by atoms with Gasteiger partial charge in [0.25, 0.3) is 0 Å². The molecule has 0 aliphatic carbocycles. The average molecular weight is 687 g/mol. The largest absolute Gasteiger partial charge is 0.461 e. The lowest BCUT2D eigenvalue weighted by Gasteiger charge is -2.31. The van der Waals surface area contributed by atoms with E-state index < -0.39 is 5.82 Å². The third-order valence-electron chi connectivity index (χ3n) is 10.5. The Morgan fingerprint density at radius 2 is 1.96 bits per heavy atom. The Morgan fingerprint density at radius 3 is 2.73 bits per heavy atom. The maximum absolute atomic E-state index is 16.8. The van der Waals surface area contributed by atoms with Gasteiger partial charge >= 0.3 is 6.01 Å². The number of amides is 1. The summed E-state index contributed by atoms with van der Waals surface area (Å²) in [6.45, 7) is 3.67. The van der Waals surface area contributed by atoms with Crippen LogP contribution in [0.2, 0.25) is 5.02 Å². The highest BCUT2D eigenvalue weighted by Gasteiger charge is 2.45. The molecule has 2 aromatic carbocycles. The zero-order valence-electron chi connectivity index (χ0n) is 27.6. The predicted octanol–water partition coefficient (Wildman–Crippen LogP) is 4.02. The number of carbonyl (C=O) groups excluding carboxylic acids is 1. The Bertz CT molecular complexity index is 1930. The molecule has 4 aromatic rings. The fourth-order valence-corrected chi connectivity index (χ4v) is 8.22. The van der Waals surface area contributed by atoms with E-state index in [-0.39, 0.29) is 40.9 Å². The van der Waals surface area contributed by atoms with Gasteiger partial charge in [-0.15, -0.1) is 0 Å². The summed E-state index contributed by atoms with van der Waals surface area (Å²) in [7, 11) is 3.76. The molecule has 3 N–H and O–H groups in total. The van der Waals surface area contributed by atoms with Crippen molar-refractivity contribution < 1.29 is 13.9 Å². The van der Waals surface area contributed by atoms with Crippen molar-refractivity contribution in [2.75, 3.05) is 51.8 Å². The summed E-state index contributed by atoms with van der Waals surface area (Å²) in [4.78, 5) is 33.7. The number of rotatable bonds is 8. The minimum atomic E-state index is -0.559. The number of pyridine rings is 1. The van der Waals surface area contributed by atoms with Gasteiger partial charge in [0.2, 0.25) is 5.91 Å². The molecule has 4 aliphatic heterocycles. The first kappa shape index (κ1) is 32.2. The molecule has 49 heavy (non-hydrogen) atoms. The lowest BCUT2D eigenvalue weighted by atomic mass is 9.95. The maximum atomic E-state index is 16.8. The molecular weight excluding hydrogens is 647 g/mol. The summed E-state index contributed by atoms with van der Waals surface area (Å²) < 4.78 is 23.2. The molecule has 256 valence electrons. The topological polar surface area (TPSA) is 114 Å². The number of hydrazine groups is 3. The van der Waals surface area contributed by atoms with Crippen LogP contribution in [0.4, 0.5) is 10.2 Å². The first-order valence-electron chi connectivity index (χ1n) is 16.9. The van der Waals surface area contributed by atoms with Crippen LogP contribution in [0.15, 0.2) is 54.7 Å². The molecule has 14 heteroatoms. The number of nitrogens with one attached hydrogen (secondary N) is 3. The molecule has 2 aromatic heterocycles. The van der Waals surface area contributed by atoms with Crippen molar-refractivity contribution in [1.29, 1.82) is 0 Å². The van der Waals surface area contributed by atoms with Crippen LogP contribution in [0.25, 0.3) is 32.9 Å². The molecular formula is C35H40ClFN10O2. The van der Waals surface area contributed by atoms with Crippen LogP contribution in [0.1, 0.15) is 32.1 Å². The Labute approximate surface area is 289 Å². The van der Waals surface area contributed by atoms with Gasteiger partial charge in [0.1, 0.15) is 29.8 Å². The third-order valence-corrected chi connectivity index (χ3v) is 10.9. The standard InChI is InChI=1S/C35H40ClFN10O2/c1-44(23-13-18-46(20-23)28(48)12-11-27-41-43-45(2)42-27)33-25-19-38-31(24-9-3-7-22-8-4-10-26(36)29(22)24)30(37)32(25)39-34(40-33)49-21-35-14-5-16-47(35)17-6-15-35/h3-4,7-12,19,23,27,41-43H,5-6,13-18,20-21H2,1-2H3/b12-11+/t23-,27?/m1/s1. The summed E-state index contributed by atoms with van der Waals surface area (Å²) in [5.41, 5.74) is 9.91. The van der Waals surface area contributed by atoms with Crippen molar-refractivity contribution in [2.24, 2.45) is 0 Å². The van der Waals surface area contributed by atoms with Crippen molar-refractivity contribution in [3.05, 3.63) is 65.6 Å². The Balaban J connectivity index is 1.13. The van der Waals surface area contributed by atoms with Crippen molar-refractivity contribution in [3.63, 3.8) is 0 Å². The highest BCUT2D eigenvalue weighted by atomic mass is 35.5. The predicted molar refractivity (Wildman–Crippen MR) is 187 cm³/mol. The number of anilines is 1. The average Bonchev–Trinajstić information content (AvgIpc) is 3.91. The Morgan fingerprint density at radius 1 is 1.16 bits per heavy atom. The molecule has 4 fully saturated rings. The van der Waals surface area contributed by atoms with Crippen molar-refractivity contribution in [3.8, 4) is 17.3 Å². The fraction of sp³-hybridized carbons (Fsp3) is 0.429. The summed E-state index contributed by atoms with van der Waals surface area (Å²) in [6.07, 6.45) is 9.94. The van der Waals surface area contributed by atoms with Crippen LogP contribution < -0.4 is 26.0 Å². The molecule has 6 heterocycles. The lowest BCUT2D eigenvalue weighted by Crippen LogP contribution is -2.43. The molecule has 0 radical (unpaired) electrons. The van der Waals surface area contributed by atoms with Gasteiger partial charge in [-0.2, -0.15) is 20.6 Å². The van der Waals surface area contributed by atoms with Gasteiger partial charge < -0.3 is 14.5 Å². The molecule has 0 spiro atoms. The number of fused-ring (bicyclic) bond motifs is 3. The van der Waals surface area contributed by atoms with Crippen LogP contribution in [-0.4, -0.2) is 100 Å². The Kier molecular flexibility index (Phi) is 8.58. The molecule has 0 bridgehead atoms. The first-order valence-corrected chi connectivity index (χ1v) is 17.3. The van der Waals surface area contributed by atoms with E-state index in [4.69, 9.17) is 26.3 Å². The quantitative estimate of drug-likeness (QED) is 0.234. The number of benzene rings is 2. The number of ether oxygens (including phenoxy) is 1. The number of hydrogen-bond acceptors (Lipinski definition) is 11. The maximum Gasteiger partial charge on any atom is 0.319 e. The molecule has 4 saturated heterocycles. The molecule has 4 aliphatic rings. The van der Waals surface area contributed by atoms with Crippen LogP contribution in [0.5, 0.6) is 6.01 Å². The Hall–Kier alpha value is -3.98. The minimum Gasteiger partial charge on any atom is -0.461 e. The zero-order chi connectivity index (χ0) is 33.7. The van der Waals surface area contributed by atoms with Crippen LogP contribution >= 0.6 is 11.6 Å². The molecule has 1 unspecified atom stereocenters. The molecule has 8 rings (SSSR count). The third kappa shape index (κ3) is 5.98. The second kappa shape index (κ2) is 13.0. The van der Waals surface area contributed by atoms with Gasteiger partial charge in [-0.1, -0.05) is 41.9 Å². The van der Waals surface area contributed by atoms with Gasteiger partial charge in [0.15, 0.2) is 5.82 Å². The van der Waals surface area contributed by atoms with Crippen LogP contribution in [-0.2, 0) is 4.79 Å². The van der Waals surface area contributed by atoms with Gasteiger partial charge in [0.05, 0.1) is 10.9 Å². The van der Waals surface area contributed by atoms with E-state index in [9.17, 15) is 4.79 Å². The smallest absolute Gasteiger partial charge is 0.319 e. The van der Waals surface area contributed by atoms with Crippen molar-refractivity contribution in [1.82, 2.24) is 46.3 Å². The molecule has 2 atom stereocenters. The fourth-order valence-electron chi connectivity index (χ4n) is 7.94. The normalized spacial score (nSPS) is 22.6. The minimum absolute atomic E-state index is 0.0269. The van der Waals surface area contributed by atoms with Crippen LogP contribution in [0, 0.1) is 5.82 Å². The highest BCUT2D eigenvalue weighted by Crippen LogP contribution is 2.40. The number of likely N-dealkylation sites (tertiary alicyclic amines) is 1. The monoisotopic (exact) mass is 686 g/mol. The number of halogens is 2. The zero-order valence-corrected chi connectivity index (χ0v) is 28.4. The van der Waals surface area contributed by atoms with E-state index in [0.717, 1.165) is 56.0 Å². The number of aromatic nitrogens is 3. The molecule has 0 saturated carbocycles. The van der Waals surface area contributed by atoms with E-state index in [1.54, 1.807) is 29.5 Å².